The Bertz CT molecular complexity index is 3100. The number of piperazine rings is 1. The summed E-state index contributed by atoms with van der Waals surface area (Å²) in [6.45, 7) is 18.6. The lowest BCUT2D eigenvalue weighted by atomic mass is 9.92. The third-order valence-electron chi connectivity index (χ3n) is 15.7. The minimum Gasteiger partial charge on any atom is -0.508 e. The number of aromatic hydroxyl groups is 3. The van der Waals surface area contributed by atoms with Crippen molar-refractivity contribution in [1.29, 1.82) is 0 Å². The van der Waals surface area contributed by atoms with Gasteiger partial charge in [0.1, 0.15) is 40.9 Å². The first-order valence-corrected chi connectivity index (χ1v) is 30.0. The highest BCUT2D eigenvalue weighted by atomic mass is 16.6. The average Bonchev–Trinajstić information content (AvgIpc) is 2.21. The maximum absolute atomic E-state index is 14.8. The molecule has 7 N–H and O–H groups in total. The van der Waals surface area contributed by atoms with E-state index in [2.05, 4.69) is 41.5 Å². The Morgan fingerprint density at radius 1 is 0.663 bits per heavy atom. The van der Waals surface area contributed by atoms with Crippen LogP contribution in [0.3, 0.4) is 0 Å². The highest BCUT2D eigenvalue weighted by Gasteiger charge is 2.49. The Morgan fingerprint density at radius 3 is 1.88 bits per heavy atom. The molecular weight excluding hydrogens is 1100 g/mol. The van der Waals surface area contributed by atoms with Crippen LogP contribution < -0.4 is 21.3 Å². The number of amides is 5. The molecule has 5 aromatic rings. The molecule has 86 heavy (non-hydrogen) atoms. The van der Waals surface area contributed by atoms with Gasteiger partial charge in [0, 0.05) is 58.3 Å². The van der Waals surface area contributed by atoms with Crippen molar-refractivity contribution in [2.45, 2.75) is 123 Å². The molecule has 0 bridgehead atoms. The predicted molar refractivity (Wildman–Crippen MR) is 324 cm³/mol. The van der Waals surface area contributed by atoms with Crippen LogP contribution in [-0.2, 0) is 57.7 Å². The van der Waals surface area contributed by atoms with Gasteiger partial charge < -0.3 is 55.8 Å². The summed E-state index contributed by atoms with van der Waals surface area (Å²) < 4.78 is 12.8. The third kappa shape index (κ3) is 17.8. The second kappa shape index (κ2) is 29.9. The number of nitrogens with zero attached hydrogens (tertiary/aromatic N) is 7. The molecule has 4 heterocycles. The average molecular weight is 1180 g/mol. The smallest absolute Gasteiger partial charge is 0.319 e. The lowest BCUT2D eigenvalue weighted by Crippen LogP contribution is -2.59. The largest absolute Gasteiger partial charge is 0.508 e. The molecule has 3 aliphatic heterocycles. The first-order valence-electron chi connectivity index (χ1n) is 30.0. The van der Waals surface area contributed by atoms with E-state index in [-0.39, 0.29) is 78.9 Å². The van der Waals surface area contributed by atoms with E-state index in [0.29, 0.717) is 107 Å². The SMILES string of the molecule is CC(C)C[C@H](NC(=O)[C@H](CCc1ccccc1)NC(=O)CN1CCOCC1)C(=O)N[C@@H](Cc1ccccc1)C(=O)N[C@@H](CC(C)C)/C(=N/OCC(=O)N1CCN(Cc2ccc(-n3c(O)nnc3-c3cc(C(C)C)c(O)cc3O)cc2)CC1)[C@@]1(C)CO1. The van der Waals surface area contributed by atoms with Crippen LogP contribution in [0.2, 0.25) is 0 Å². The number of phenols is 2. The fourth-order valence-corrected chi connectivity index (χ4v) is 10.8. The van der Waals surface area contributed by atoms with Gasteiger partial charge in [-0.15, -0.1) is 5.10 Å². The van der Waals surface area contributed by atoms with E-state index in [1.54, 1.807) is 11.0 Å². The Kier molecular flexibility index (Phi) is 22.3. The van der Waals surface area contributed by atoms with Crippen LogP contribution in [-0.4, -0.2) is 182 Å². The van der Waals surface area contributed by atoms with Crippen molar-refractivity contribution < 1.29 is 53.6 Å². The summed E-state index contributed by atoms with van der Waals surface area (Å²) >= 11 is 0. The van der Waals surface area contributed by atoms with Crippen molar-refractivity contribution >= 4 is 35.2 Å². The number of carbonyl (C=O) groups is 5. The number of phenolic OH excluding ortho intramolecular Hbond substituents is 2. The molecule has 22 nitrogen and oxygen atoms in total. The van der Waals surface area contributed by atoms with Gasteiger partial charge in [0.05, 0.1) is 43.7 Å². The van der Waals surface area contributed by atoms with Crippen molar-refractivity contribution in [3.8, 4) is 34.6 Å². The Morgan fingerprint density at radius 2 is 1.26 bits per heavy atom. The fourth-order valence-electron chi connectivity index (χ4n) is 10.8. The summed E-state index contributed by atoms with van der Waals surface area (Å²) in [6, 6.07) is 25.3. The van der Waals surface area contributed by atoms with E-state index in [1.807, 2.05) is 138 Å². The van der Waals surface area contributed by atoms with Crippen LogP contribution in [0.15, 0.2) is 102 Å². The molecule has 0 radical (unpaired) electrons. The fraction of sp³-hybridized carbons (Fsp3) is 0.500. The number of ether oxygens (including phenoxy) is 2. The van der Waals surface area contributed by atoms with Crippen molar-refractivity contribution in [3.63, 3.8) is 0 Å². The van der Waals surface area contributed by atoms with E-state index in [9.17, 15) is 39.3 Å². The van der Waals surface area contributed by atoms with Crippen LogP contribution in [0, 0.1) is 11.8 Å². The van der Waals surface area contributed by atoms with Gasteiger partial charge in [-0.3, -0.25) is 33.8 Å². The number of nitrogens with one attached hydrogen (secondary N) is 4. The van der Waals surface area contributed by atoms with E-state index in [0.717, 1.165) is 16.7 Å². The topological polar surface area (TPSA) is 278 Å². The molecule has 5 atom stereocenters. The molecule has 0 aliphatic carbocycles. The molecule has 462 valence electrons. The van der Waals surface area contributed by atoms with Crippen LogP contribution in [0.1, 0.15) is 95.9 Å². The predicted octanol–water partition coefficient (Wildman–Crippen LogP) is 5.22. The number of aryl methyl sites for hydroxylation is 1. The second-order valence-electron chi connectivity index (χ2n) is 24.0. The number of carbonyl (C=O) groups excluding carboxylic acids is 5. The molecule has 5 amide bonds. The van der Waals surface area contributed by atoms with Gasteiger partial charge in [0.2, 0.25) is 23.6 Å². The molecule has 0 unspecified atom stereocenters. The number of aromatic nitrogens is 3. The first kappa shape index (κ1) is 64.1. The highest BCUT2D eigenvalue weighted by molar-refractivity contribution is 6.02. The lowest BCUT2D eigenvalue weighted by Gasteiger charge is -2.34. The number of benzene rings is 4. The zero-order valence-electron chi connectivity index (χ0n) is 50.5. The normalized spacial score (nSPS) is 18.1. The molecular formula is C64H85N11O11. The summed E-state index contributed by atoms with van der Waals surface area (Å²) in [5, 5.41) is 56.6. The van der Waals surface area contributed by atoms with Gasteiger partial charge in [-0.2, -0.15) is 0 Å². The minimum absolute atomic E-state index is 0.0359. The molecule has 4 aromatic carbocycles. The first-order chi connectivity index (χ1) is 41.2. The molecule has 3 fully saturated rings. The zero-order chi connectivity index (χ0) is 61.5. The van der Waals surface area contributed by atoms with Crippen molar-refractivity contribution in [3.05, 3.63) is 119 Å². The molecule has 1 aromatic heterocycles. The number of hydrogen-bond donors (Lipinski definition) is 7. The molecule has 22 heteroatoms. The number of epoxide rings is 1. The van der Waals surface area contributed by atoms with E-state index < -0.39 is 47.5 Å². The third-order valence-corrected chi connectivity index (χ3v) is 15.7. The zero-order valence-corrected chi connectivity index (χ0v) is 50.5. The van der Waals surface area contributed by atoms with Gasteiger partial charge in [0.25, 0.3) is 5.91 Å². The molecule has 8 rings (SSSR count). The van der Waals surface area contributed by atoms with Crippen molar-refractivity contribution in [2.75, 3.05) is 72.2 Å². The lowest BCUT2D eigenvalue weighted by molar-refractivity contribution is -0.138. The standard InChI is InChI=1S/C64H85N11O11/c1-41(2)32-51(66-62(82)53(34-45-16-12-9-13-17-45)68-61(81)52(33-42(3)4)67-60(80)50(23-20-44-14-10-8-11-15-44)65-56(78)38-73-28-30-84-31-29-73)58(64(7)40-85-64)71-86-39-57(79)74-26-24-72(25-27-74)37-46-18-21-47(22-19-46)75-59(69-70-63(75)83)49-35-48(43(5)6)54(76)36-55(49)77/h8-19,21-22,35-36,41-43,50-53,76-77H,20,23-34,37-40H2,1-7H3,(H,65,78)(H,66,82)(H,67,80)(H,68,81)(H,70,83)/b71-58-/t50-,51-,52-,53-,64+/m0/s1. The number of morpholine rings is 1. The Labute approximate surface area is 503 Å². The van der Waals surface area contributed by atoms with Gasteiger partial charge in [0.15, 0.2) is 12.4 Å². The second-order valence-corrected chi connectivity index (χ2v) is 24.0. The minimum atomic E-state index is -1.10. The Hall–Kier alpha value is -7.92. The van der Waals surface area contributed by atoms with Crippen molar-refractivity contribution in [2.24, 2.45) is 17.0 Å². The maximum atomic E-state index is 14.8. The summed E-state index contributed by atoms with van der Waals surface area (Å²) in [6.07, 6.45) is 1.61. The van der Waals surface area contributed by atoms with Crippen LogP contribution in [0.4, 0.5) is 0 Å². The molecule has 3 aliphatic rings. The van der Waals surface area contributed by atoms with Gasteiger partial charge in [-0.25, -0.2) is 4.57 Å². The van der Waals surface area contributed by atoms with Gasteiger partial charge in [-0.1, -0.05) is 125 Å². The van der Waals surface area contributed by atoms with E-state index >= 15 is 0 Å². The van der Waals surface area contributed by atoms with Gasteiger partial charge >= 0.3 is 6.01 Å². The quantitative estimate of drug-likeness (QED) is 0.0192. The summed E-state index contributed by atoms with van der Waals surface area (Å²) in [5.41, 5.74) is 3.81. The monoisotopic (exact) mass is 1180 g/mol. The summed E-state index contributed by atoms with van der Waals surface area (Å²) in [5.74, 6) is -2.14. The van der Waals surface area contributed by atoms with E-state index in [1.165, 1.54) is 10.6 Å². The summed E-state index contributed by atoms with van der Waals surface area (Å²) in [7, 11) is 0. The maximum Gasteiger partial charge on any atom is 0.319 e. The van der Waals surface area contributed by atoms with Crippen LogP contribution in [0.5, 0.6) is 17.5 Å². The Balaban J connectivity index is 0.898. The number of rotatable bonds is 28. The molecule has 0 saturated carbocycles. The number of oxime groups is 1. The van der Waals surface area contributed by atoms with Crippen LogP contribution in [0.25, 0.3) is 17.1 Å². The van der Waals surface area contributed by atoms with Crippen molar-refractivity contribution in [1.82, 2.24) is 50.7 Å². The molecule has 3 saturated heterocycles. The van der Waals surface area contributed by atoms with Gasteiger partial charge in [-0.05, 0) is 90.8 Å². The van der Waals surface area contributed by atoms with E-state index in [4.69, 9.17) is 14.3 Å². The summed E-state index contributed by atoms with van der Waals surface area (Å²) in [4.78, 5) is 82.7. The molecule has 0 spiro atoms. The number of hydrogen-bond acceptors (Lipinski definition) is 16. The highest BCUT2D eigenvalue weighted by Crippen LogP contribution is 2.39. The van der Waals surface area contributed by atoms with Crippen LogP contribution >= 0.6 is 0 Å².